The van der Waals surface area contributed by atoms with Gasteiger partial charge in [-0.2, -0.15) is 13.2 Å². The Morgan fingerprint density at radius 2 is 1.53 bits per heavy atom. The molecule has 204 valence electrons. The van der Waals surface area contributed by atoms with Crippen molar-refractivity contribution < 1.29 is 22.7 Å². The summed E-state index contributed by atoms with van der Waals surface area (Å²) in [5.74, 6) is -0.136. The molecule has 3 aromatic carbocycles. The van der Waals surface area contributed by atoms with Crippen LogP contribution in [0.5, 0.6) is 0 Å². The quantitative estimate of drug-likeness (QED) is 0.234. The second-order valence-electron chi connectivity index (χ2n) is 10.6. The minimum atomic E-state index is -4.40. The zero-order valence-corrected chi connectivity index (χ0v) is 22.9. The van der Waals surface area contributed by atoms with E-state index < -0.39 is 17.7 Å². The highest BCUT2D eigenvalue weighted by Crippen LogP contribution is 2.36. The van der Waals surface area contributed by atoms with E-state index in [9.17, 15) is 18.0 Å². The Kier molecular flexibility index (Phi) is 10.0. The molecule has 6 heteroatoms. The lowest BCUT2D eigenvalue weighted by Crippen LogP contribution is -2.27. The fourth-order valence-electron chi connectivity index (χ4n) is 4.63. The summed E-state index contributed by atoms with van der Waals surface area (Å²) in [7, 11) is 0. The summed E-state index contributed by atoms with van der Waals surface area (Å²) in [5.41, 5.74) is 3.63. The topological polar surface area (TPSA) is 29.5 Å². The van der Waals surface area contributed by atoms with E-state index in [-0.39, 0.29) is 18.5 Å². The van der Waals surface area contributed by atoms with Gasteiger partial charge in [-0.05, 0) is 71.7 Å². The number of carbonyl (C=O) groups excluding carboxylic acids is 1. The van der Waals surface area contributed by atoms with Gasteiger partial charge in [-0.15, -0.1) is 0 Å². The fraction of sp³-hybridized carbons (Fsp3) is 0.406. The highest BCUT2D eigenvalue weighted by Gasteiger charge is 2.30. The predicted molar refractivity (Wildman–Crippen MR) is 148 cm³/mol. The molecule has 3 nitrogen and oxygen atoms in total. The van der Waals surface area contributed by atoms with Gasteiger partial charge in [-0.3, -0.25) is 4.79 Å². The predicted octanol–water partition coefficient (Wildman–Crippen LogP) is 8.73. The second kappa shape index (κ2) is 13.0. The van der Waals surface area contributed by atoms with E-state index in [4.69, 9.17) is 4.74 Å². The number of rotatable bonds is 11. The van der Waals surface area contributed by atoms with Crippen molar-refractivity contribution in [2.24, 2.45) is 11.8 Å². The summed E-state index contributed by atoms with van der Waals surface area (Å²) < 4.78 is 45.1. The van der Waals surface area contributed by atoms with Crippen molar-refractivity contribution in [2.75, 3.05) is 18.1 Å². The third-order valence-corrected chi connectivity index (χ3v) is 6.33. The number of alkyl halides is 3. The molecule has 0 radical (unpaired) electrons. The van der Waals surface area contributed by atoms with Gasteiger partial charge >= 0.3 is 12.1 Å². The number of carbonyl (C=O) groups is 1. The third-order valence-electron chi connectivity index (χ3n) is 6.33. The van der Waals surface area contributed by atoms with Crippen LogP contribution < -0.4 is 4.90 Å². The number of esters is 1. The number of anilines is 1. The van der Waals surface area contributed by atoms with Gasteiger partial charge in [0.1, 0.15) is 0 Å². The summed E-state index contributed by atoms with van der Waals surface area (Å²) in [6.45, 7) is 11.9. The standard InChI is InChI=1S/C32H38F3NO2/c1-6-38-31(37)30(16-22(2)3)27-17-26(25-12-14-28(15-13-25)32(33,34)35)18-29(19-27)36(20-23(4)5)21-24-10-8-7-9-11-24/h7-15,17-19,22-23,30H,6,16,20-21H2,1-5H3. The highest BCUT2D eigenvalue weighted by molar-refractivity contribution is 5.80. The summed E-state index contributed by atoms with van der Waals surface area (Å²) in [4.78, 5) is 15.3. The van der Waals surface area contributed by atoms with Crippen molar-refractivity contribution in [3.63, 3.8) is 0 Å². The summed E-state index contributed by atoms with van der Waals surface area (Å²) in [5, 5.41) is 0. The average Bonchev–Trinajstić information content (AvgIpc) is 2.86. The van der Waals surface area contributed by atoms with Crippen molar-refractivity contribution in [3.8, 4) is 11.1 Å². The number of halogens is 3. The third kappa shape index (κ3) is 8.11. The molecule has 0 heterocycles. The highest BCUT2D eigenvalue weighted by atomic mass is 19.4. The molecule has 3 aromatic rings. The first kappa shape index (κ1) is 29.3. The van der Waals surface area contributed by atoms with Gasteiger partial charge in [0.25, 0.3) is 0 Å². The zero-order chi connectivity index (χ0) is 27.9. The van der Waals surface area contributed by atoms with Crippen LogP contribution in [0, 0.1) is 11.8 Å². The molecule has 0 amide bonds. The van der Waals surface area contributed by atoms with Gasteiger partial charge in [0.05, 0.1) is 18.1 Å². The van der Waals surface area contributed by atoms with Crippen molar-refractivity contribution in [1.82, 2.24) is 0 Å². The first-order valence-electron chi connectivity index (χ1n) is 13.3. The Morgan fingerprint density at radius 3 is 2.08 bits per heavy atom. The molecule has 3 rings (SSSR count). The van der Waals surface area contributed by atoms with Crippen LogP contribution in [0.1, 0.15) is 63.6 Å². The van der Waals surface area contributed by atoms with Crippen LogP contribution in [-0.2, 0) is 22.3 Å². The second-order valence-corrected chi connectivity index (χ2v) is 10.6. The minimum Gasteiger partial charge on any atom is -0.466 e. The zero-order valence-electron chi connectivity index (χ0n) is 22.9. The smallest absolute Gasteiger partial charge is 0.416 e. The molecule has 0 spiro atoms. The van der Waals surface area contributed by atoms with Gasteiger partial charge in [0, 0.05) is 18.8 Å². The lowest BCUT2D eigenvalue weighted by Gasteiger charge is -2.29. The lowest BCUT2D eigenvalue weighted by molar-refractivity contribution is -0.145. The molecule has 1 unspecified atom stereocenters. The summed E-state index contributed by atoms with van der Waals surface area (Å²) in [6.07, 6.45) is -3.79. The number of hydrogen-bond donors (Lipinski definition) is 0. The van der Waals surface area contributed by atoms with E-state index in [2.05, 4.69) is 44.7 Å². The summed E-state index contributed by atoms with van der Waals surface area (Å²) in [6, 6.07) is 21.3. The maximum atomic E-state index is 13.2. The van der Waals surface area contributed by atoms with Crippen LogP contribution in [0.4, 0.5) is 18.9 Å². The molecule has 0 fully saturated rings. The van der Waals surface area contributed by atoms with Crippen LogP contribution >= 0.6 is 0 Å². The van der Waals surface area contributed by atoms with Gasteiger partial charge in [-0.25, -0.2) is 0 Å². The first-order valence-corrected chi connectivity index (χ1v) is 13.3. The molecule has 0 saturated heterocycles. The van der Waals surface area contributed by atoms with Crippen molar-refractivity contribution in [1.29, 1.82) is 0 Å². The fourth-order valence-corrected chi connectivity index (χ4v) is 4.63. The van der Waals surface area contributed by atoms with Crippen molar-refractivity contribution in [3.05, 3.63) is 89.5 Å². The van der Waals surface area contributed by atoms with E-state index in [1.165, 1.54) is 12.1 Å². The van der Waals surface area contributed by atoms with Crippen molar-refractivity contribution in [2.45, 2.75) is 59.7 Å². The number of nitrogens with zero attached hydrogens (tertiary/aromatic N) is 1. The average molecular weight is 526 g/mol. The molecule has 0 bridgehead atoms. The molecule has 38 heavy (non-hydrogen) atoms. The van der Waals surface area contributed by atoms with Crippen molar-refractivity contribution >= 4 is 11.7 Å². The Morgan fingerprint density at radius 1 is 0.868 bits per heavy atom. The number of benzene rings is 3. The molecule has 0 aliphatic carbocycles. The molecule has 0 aromatic heterocycles. The molecule has 0 aliphatic heterocycles. The summed E-state index contributed by atoms with van der Waals surface area (Å²) >= 11 is 0. The Bertz CT molecular complexity index is 1170. The minimum absolute atomic E-state index is 0.249. The molecular weight excluding hydrogens is 487 g/mol. The Balaban J connectivity index is 2.16. The van der Waals surface area contributed by atoms with E-state index in [1.54, 1.807) is 6.92 Å². The Hall–Kier alpha value is -3.28. The number of ether oxygens (including phenoxy) is 1. The van der Waals surface area contributed by atoms with E-state index >= 15 is 0 Å². The first-order chi connectivity index (χ1) is 18.0. The van der Waals surface area contributed by atoms with E-state index in [0.717, 1.165) is 41.1 Å². The molecular formula is C32H38F3NO2. The maximum Gasteiger partial charge on any atom is 0.416 e. The van der Waals surface area contributed by atoms with E-state index in [0.29, 0.717) is 24.4 Å². The molecule has 0 N–H and O–H groups in total. The van der Waals surface area contributed by atoms with Crippen LogP contribution in [0.25, 0.3) is 11.1 Å². The number of hydrogen-bond acceptors (Lipinski definition) is 3. The van der Waals surface area contributed by atoms with Gasteiger partial charge < -0.3 is 9.64 Å². The lowest BCUT2D eigenvalue weighted by atomic mass is 9.87. The van der Waals surface area contributed by atoms with Gasteiger partial charge in [-0.1, -0.05) is 76.2 Å². The van der Waals surface area contributed by atoms with E-state index in [1.807, 2.05) is 36.4 Å². The van der Waals surface area contributed by atoms with Crippen LogP contribution in [0.2, 0.25) is 0 Å². The largest absolute Gasteiger partial charge is 0.466 e. The SMILES string of the molecule is CCOC(=O)C(CC(C)C)c1cc(-c2ccc(C(F)(F)F)cc2)cc(N(Cc2ccccc2)CC(C)C)c1. The monoisotopic (exact) mass is 525 g/mol. The normalized spacial score (nSPS) is 12.6. The molecule has 0 saturated carbocycles. The van der Waals surface area contributed by atoms with Gasteiger partial charge in [0.2, 0.25) is 0 Å². The van der Waals surface area contributed by atoms with Crippen LogP contribution in [-0.4, -0.2) is 19.1 Å². The Labute approximate surface area is 224 Å². The molecule has 0 aliphatic rings. The van der Waals surface area contributed by atoms with Crippen LogP contribution in [0.3, 0.4) is 0 Å². The van der Waals surface area contributed by atoms with Crippen LogP contribution in [0.15, 0.2) is 72.8 Å². The molecule has 1 atom stereocenters. The maximum absolute atomic E-state index is 13.2. The van der Waals surface area contributed by atoms with Gasteiger partial charge in [0.15, 0.2) is 0 Å².